The fourth-order valence-corrected chi connectivity index (χ4v) is 5.30. The molecule has 1 aliphatic rings. The average Bonchev–Trinajstić information content (AvgIpc) is 2.84. The highest BCUT2D eigenvalue weighted by Gasteiger charge is 2.23. The third kappa shape index (κ3) is 9.31. The molecule has 2 N–H and O–H groups in total. The maximum absolute atomic E-state index is 12.4. The molecule has 0 saturated heterocycles. The molecule has 1 saturated carbocycles. The molecule has 1 fully saturated rings. The van der Waals surface area contributed by atoms with Crippen molar-refractivity contribution < 1.29 is 23.1 Å². The number of sulfonamides is 1. The Hall–Kier alpha value is -2.64. The molecule has 1 aliphatic carbocycles. The minimum atomic E-state index is -3.91. The van der Waals surface area contributed by atoms with E-state index in [4.69, 9.17) is 4.74 Å². The second-order valence-corrected chi connectivity index (χ2v) is 10.6. The van der Waals surface area contributed by atoms with Crippen LogP contribution >= 0.6 is 0 Å². The van der Waals surface area contributed by atoms with Gasteiger partial charge in [-0.2, -0.15) is 4.72 Å². The zero-order valence-corrected chi connectivity index (χ0v) is 20.4. The number of rotatable bonds is 13. The van der Waals surface area contributed by atoms with Gasteiger partial charge in [0.2, 0.25) is 10.0 Å². The highest BCUT2D eigenvalue weighted by molar-refractivity contribution is 7.92. The van der Waals surface area contributed by atoms with Gasteiger partial charge in [0.05, 0.1) is 6.61 Å². The molecular weight excluding hydrogens is 450 g/mol. The first kappa shape index (κ1) is 26.0. The molecule has 0 bridgehead atoms. The summed E-state index contributed by atoms with van der Waals surface area (Å²) < 4.78 is 32.8. The summed E-state index contributed by atoms with van der Waals surface area (Å²) in [5, 5.41) is 10.5. The second kappa shape index (κ2) is 13.3. The molecule has 7 heteroatoms. The van der Waals surface area contributed by atoms with Crippen molar-refractivity contribution in [2.24, 2.45) is 5.92 Å². The first-order chi connectivity index (χ1) is 16.4. The van der Waals surface area contributed by atoms with Crippen molar-refractivity contribution in [3.63, 3.8) is 0 Å². The second-order valence-electron chi connectivity index (χ2n) is 8.96. The van der Waals surface area contributed by atoms with E-state index in [2.05, 4.69) is 4.72 Å². The van der Waals surface area contributed by atoms with Crippen molar-refractivity contribution in [2.75, 3.05) is 6.61 Å². The molecule has 0 spiro atoms. The zero-order chi connectivity index (χ0) is 24.2. The predicted octanol–water partition coefficient (Wildman–Crippen LogP) is 5.40. The molecule has 3 rings (SSSR count). The van der Waals surface area contributed by atoms with Crippen LogP contribution in [0.25, 0.3) is 6.08 Å². The third-order valence-electron chi connectivity index (χ3n) is 6.21. The number of hydrogen-bond donors (Lipinski definition) is 2. The summed E-state index contributed by atoms with van der Waals surface area (Å²) in [6.45, 7) is 0.664. The van der Waals surface area contributed by atoms with Crippen molar-refractivity contribution in [2.45, 2.75) is 63.8 Å². The summed E-state index contributed by atoms with van der Waals surface area (Å²) in [6.07, 6.45) is 11.9. The lowest BCUT2D eigenvalue weighted by Gasteiger charge is -2.21. The molecule has 34 heavy (non-hydrogen) atoms. The third-order valence-corrected chi connectivity index (χ3v) is 7.31. The van der Waals surface area contributed by atoms with Gasteiger partial charge in [-0.15, -0.1) is 0 Å². The van der Waals surface area contributed by atoms with Gasteiger partial charge in [-0.25, -0.2) is 8.42 Å². The van der Waals surface area contributed by atoms with Gasteiger partial charge in [-0.05, 0) is 54.5 Å². The quantitative estimate of drug-likeness (QED) is 0.371. The lowest BCUT2D eigenvalue weighted by atomic mass is 9.86. The van der Waals surface area contributed by atoms with E-state index in [0.717, 1.165) is 23.5 Å². The van der Waals surface area contributed by atoms with E-state index in [9.17, 15) is 18.3 Å². The Morgan fingerprint density at radius 2 is 1.74 bits per heavy atom. The highest BCUT2D eigenvalue weighted by atomic mass is 32.2. The Morgan fingerprint density at radius 3 is 2.41 bits per heavy atom. The molecule has 2 aromatic rings. The average molecular weight is 486 g/mol. The minimum absolute atomic E-state index is 0.0371. The van der Waals surface area contributed by atoms with E-state index in [1.165, 1.54) is 51.0 Å². The van der Waals surface area contributed by atoms with Crippen LogP contribution in [0.5, 0.6) is 5.75 Å². The van der Waals surface area contributed by atoms with Crippen molar-refractivity contribution in [3.8, 4) is 5.75 Å². The van der Waals surface area contributed by atoms with Crippen LogP contribution in [0.15, 0.2) is 60.0 Å². The van der Waals surface area contributed by atoms with Gasteiger partial charge >= 0.3 is 5.97 Å². The number of ether oxygens (including phenoxy) is 1. The fraction of sp³-hybridized carbons (Fsp3) is 0.444. The Labute approximate surface area is 203 Å². The molecule has 0 amide bonds. The van der Waals surface area contributed by atoms with Gasteiger partial charge in [-0.1, -0.05) is 81.0 Å². The Kier molecular flexibility index (Phi) is 10.2. The first-order valence-corrected chi connectivity index (χ1v) is 13.7. The molecule has 2 aromatic carbocycles. The summed E-state index contributed by atoms with van der Waals surface area (Å²) in [5.74, 6) is 0.399. The van der Waals surface area contributed by atoms with E-state index in [1.54, 1.807) is 48.5 Å². The Morgan fingerprint density at radius 1 is 1.03 bits per heavy atom. The van der Waals surface area contributed by atoms with Gasteiger partial charge in [0.15, 0.2) is 0 Å². The van der Waals surface area contributed by atoms with Gasteiger partial charge < -0.3 is 9.84 Å². The minimum Gasteiger partial charge on any atom is -0.494 e. The standard InChI is InChI=1S/C27H35NO5S/c29-27(30)26(28-34(31,32)20-18-23-11-5-2-6-12-23)21-24-14-16-25(17-15-24)33-19-8-7-13-22-9-3-1-4-10-22/h2,5-6,11-12,14-18,20,22,26,28H,1,3-4,7-10,13,19,21H2,(H,29,30)/b20-18+. The molecule has 1 unspecified atom stereocenters. The molecular formula is C27H35NO5S. The number of unbranched alkanes of at least 4 members (excludes halogenated alkanes) is 1. The molecule has 6 nitrogen and oxygen atoms in total. The van der Waals surface area contributed by atoms with Crippen LogP contribution in [-0.4, -0.2) is 32.1 Å². The summed E-state index contributed by atoms with van der Waals surface area (Å²) in [5.41, 5.74) is 1.43. The predicted molar refractivity (Wildman–Crippen MR) is 135 cm³/mol. The Balaban J connectivity index is 1.45. The number of aliphatic carboxylic acids is 1. The smallest absolute Gasteiger partial charge is 0.322 e. The van der Waals surface area contributed by atoms with E-state index >= 15 is 0 Å². The number of benzene rings is 2. The monoisotopic (exact) mass is 485 g/mol. The maximum Gasteiger partial charge on any atom is 0.322 e. The zero-order valence-electron chi connectivity index (χ0n) is 19.6. The number of nitrogens with one attached hydrogen (secondary N) is 1. The SMILES string of the molecule is O=C(O)C(Cc1ccc(OCCCCC2CCCCC2)cc1)NS(=O)(=O)/C=C/c1ccccc1. The van der Waals surface area contributed by atoms with Gasteiger partial charge in [0, 0.05) is 5.41 Å². The number of carboxylic acid groups (broad SMARTS) is 1. The summed E-state index contributed by atoms with van der Waals surface area (Å²) >= 11 is 0. The molecule has 0 aromatic heterocycles. The molecule has 0 radical (unpaired) electrons. The van der Waals surface area contributed by atoms with Crippen LogP contribution < -0.4 is 9.46 Å². The van der Waals surface area contributed by atoms with Crippen LogP contribution in [-0.2, 0) is 21.2 Å². The summed E-state index contributed by atoms with van der Waals surface area (Å²) in [7, 11) is -3.91. The normalized spacial score (nSPS) is 15.9. The highest BCUT2D eigenvalue weighted by Crippen LogP contribution is 2.27. The van der Waals surface area contributed by atoms with Crippen LogP contribution in [0.4, 0.5) is 0 Å². The van der Waals surface area contributed by atoms with Crippen molar-refractivity contribution in [3.05, 3.63) is 71.1 Å². The molecule has 0 aliphatic heterocycles. The number of carboxylic acids is 1. The molecule has 1 atom stereocenters. The van der Waals surface area contributed by atoms with Gasteiger partial charge in [0.25, 0.3) is 0 Å². The molecule has 0 heterocycles. The topological polar surface area (TPSA) is 92.7 Å². The lowest BCUT2D eigenvalue weighted by Crippen LogP contribution is -2.41. The largest absolute Gasteiger partial charge is 0.494 e. The van der Waals surface area contributed by atoms with E-state index in [0.29, 0.717) is 17.7 Å². The van der Waals surface area contributed by atoms with E-state index in [1.807, 2.05) is 6.07 Å². The number of carbonyl (C=O) groups is 1. The first-order valence-electron chi connectivity index (χ1n) is 12.1. The van der Waals surface area contributed by atoms with Crippen LogP contribution in [0.2, 0.25) is 0 Å². The van der Waals surface area contributed by atoms with Crippen molar-refractivity contribution in [1.29, 1.82) is 0 Å². The van der Waals surface area contributed by atoms with Crippen LogP contribution in [0.3, 0.4) is 0 Å². The van der Waals surface area contributed by atoms with Crippen LogP contribution in [0.1, 0.15) is 62.5 Å². The molecule has 184 valence electrons. The van der Waals surface area contributed by atoms with Crippen molar-refractivity contribution in [1.82, 2.24) is 4.72 Å². The summed E-state index contributed by atoms with van der Waals surface area (Å²) in [6, 6.07) is 14.9. The van der Waals surface area contributed by atoms with Crippen molar-refractivity contribution >= 4 is 22.1 Å². The van der Waals surface area contributed by atoms with Gasteiger partial charge in [-0.3, -0.25) is 4.79 Å². The fourth-order valence-electron chi connectivity index (χ4n) is 4.31. The van der Waals surface area contributed by atoms with Crippen LogP contribution in [0, 0.1) is 5.92 Å². The van der Waals surface area contributed by atoms with E-state index < -0.39 is 22.0 Å². The summed E-state index contributed by atoms with van der Waals surface area (Å²) in [4.78, 5) is 11.7. The lowest BCUT2D eigenvalue weighted by molar-refractivity contribution is -0.138. The number of hydrogen-bond acceptors (Lipinski definition) is 4. The Bertz CT molecular complexity index is 1010. The van der Waals surface area contributed by atoms with E-state index in [-0.39, 0.29) is 6.42 Å². The maximum atomic E-state index is 12.4. The van der Waals surface area contributed by atoms with Gasteiger partial charge in [0.1, 0.15) is 11.8 Å².